The van der Waals surface area contributed by atoms with Crippen molar-refractivity contribution in [2.24, 2.45) is 5.92 Å². The molecule has 1 aromatic carbocycles. The van der Waals surface area contributed by atoms with E-state index in [0.29, 0.717) is 21.6 Å². The zero-order chi connectivity index (χ0) is 20.4. The van der Waals surface area contributed by atoms with Gasteiger partial charge in [0.1, 0.15) is 10.6 Å². The first-order chi connectivity index (χ1) is 14.0. The SMILES string of the molecule is C[C@@H]1CCCN(C2CCN(c3ncc(C(=O)Nc4cc(Cl)ccc4O)s3)CC2)C1. The maximum Gasteiger partial charge on any atom is 0.267 e. The van der Waals surface area contributed by atoms with Gasteiger partial charge in [0.15, 0.2) is 5.13 Å². The first kappa shape index (κ1) is 20.4. The fourth-order valence-corrected chi connectivity index (χ4v) is 5.32. The number of hydrogen-bond acceptors (Lipinski definition) is 6. The summed E-state index contributed by atoms with van der Waals surface area (Å²) in [6, 6.07) is 5.24. The van der Waals surface area contributed by atoms with Gasteiger partial charge < -0.3 is 15.3 Å². The fourth-order valence-electron chi connectivity index (χ4n) is 4.29. The van der Waals surface area contributed by atoms with Crippen LogP contribution in [0.15, 0.2) is 24.4 Å². The van der Waals surface area contributed by atoms with Crippen LogP contribution in [0.5, 0.6) is 5.75 Å². The molecule has 0 unspecified atom stereocenters. The molecule has 0 saturated carbocycles. The number of nitrogens with one attached hydrogen (secondary N) is 1. The van der Waals surface area contributed by atoms with E-state index < -0.39 is 0 Å². The highest BCUT2D eigenvalue weighted by atomic mass is 35.5. The molecule has 4 rings (SSSR count). The van der Waals surface area contributed by atoms with Gasteiger partial charge in [0.25, 0.3) is 5.91 Å². The van der Waals surface area contributed by atoms with Crippen molar-refractivity contribution in [2.45, 2.75) is 38.6 Å². The van der Waals surface area contributed by atoms with Gasteiger partial charge in [-0.05, 0) is 56.3 Å². The number of piperidine rings is 2. The number of amides is 1. The van der Waals surface area contributed by atoms with E-state index in [0.717, 1.165) is 37.0 Å². The molecular formula is C21H27ClN4O2S. The number of hydrogen-bond donors (Lipinski definition) is 2. The molecular weight excluding hydrogens is 408 g/mol. The van der Waals surface area contributed by atoms with Crippen molar-refractivity contribution < 1.29 is 9.90 Å². The number of benzene rings is 1. The Kier molecular flexibility index (Phi) is 6.27. The third-order valence-electron chi connectivity index (χ3n) is 5.86. The second-order valence-electron chi connectivity index (χ2n) is 8.08. The van der Waals surface area contributed by atoms with Crippen molar-refractivity contribution in [2.75, 3.05) is 36.4 Å². The summed E-state index contributed by atoms with van der Waals surface area (Å²) in [5.74, 6) is 0.505. The Morgan fingerprint density at radius 1 is 1.28 bits per heavy atom. The molecule has 3 heterocycles. The highest BCUT2D eigenvalue weighted by molar-refractivity contribution is 7.17. The second kappa shape index (κ2) is 8.90. The van der Waals surface area contributed by atoms with Gasteiger partial charge in [-0.3, -0.25) is 9.69 Å². The smallest absolute Gasteiger partial charge is 0.267 e. The van der Waals surface area contributed by atoms with E-state index in [-0.39, 0.29) is 11.7 Å². The molecule has 0 radical (unpaired) electrons. The van der Waals surface area contributed by atoms with Crippen molar-refractivity contribution in [3.63, 3.8) is 0 Å². The van der Waals surface area contributed by atoms with Crippen LogP contribution in [0.4, 0.5) is 10.8 Å². The zero-order valence-electron chi connectivity index (χ0n) is 16.6. The third kappa shape index (κ3) is 4.85. The van der Waals surface area contributed by atoms with E-state index in [1.165, 1.54) is 49.4 Å². The lowest BCUT2D eigenvalue weighted by Gasteiger charge is -2.41. The molecule has 2 saturated heterocycles. The van der Waals surface area contributed by atoms with Crippen LogP contribution in [0.2, 0.25) is 5.02 Å². The van der Waals surface area contributed by atoms with E-state index in [4.69, 9.17) is 11.6 Å². The number of carbonyl (C=O) groups is 1. The van der Waals surface area contributed by atoms with Gasteiger partial charge in [0.05, 0.1) is 11.9 Å². The molecule has 2 N–H and O–H groups in total. The van der Waals surface area contributed by atoms with Gasteiger partial charge in [-0.2, -0.15) is 0 Å². The lowest BCUT2D eigenvalue weighted by molar-refractivity contribution is 0.103. The zero-order valence-corrected chi connectivity index (χ0v) is 18.2. The highest BCUT2D eigenvalue weighted by Gasteiger charge is 2.28. The first-order valence-corrected chi connectivity index (χ1v) is 11.4. The average molecular weight is 435 g/mol. The van der Waals surface area contributed by atoms with Gasteiger partial charge in [-0.15, -0.1) is 0 Å². The van der Waals surface area contributed by atoms with Crippen LogP contribution < -0.4 is 10.2 Å². The molecule has 0 bridgehead atoms. The molecule has 8 heteroatoms. The van der Waals surface area contributed by atoms with Gasteiger partial charge in [-0.1, -0.05) is 29.9 Å². The number of phenols is 1. The third-order valence-corrected chi connectivity index (χ3v) is 7.16. The molecule has 2 aromatic rings. The predicted molar refractivity (Wildman–Crippen MR) is 118 cm³/mol. The van der Waals surface area contributed by atoms with E-state index in [9.17, 15) is 9.90 Å². The summed E-state index contributed by atoms with van der Waals surface area (Å²) in [4.78, 5) is 22.5. The molecule has 2 aliphatic rings. The number of rotatable bonds is 4. The molecule has 1 atom stereocenters. The number of thiazole rings is 1. The average Bonchev–Trinajstić information content (AvgIpc) is 3.21. The number of nitrogens with zero attached hydrogens (tertiary/aromatic N) is 3. The highest BCUT2D eigenvalue weighted by Crippen LogP contribution is 2.31. The van der Waals surface area contributed by atoms with Crippen molar-refractivity contribution in [3.8, 4) is 5.75 Å². The molecule has 2 aliphatic heterocycles. The summed E-state index contributed by atoms with van der Waals surface area (Å²) in [5.41, 5.74) is 0.300. The van der Waals surface area contributed by atoms with Crippen LogP contribution in [0.25, 0.3) is 0 Å². The minimum atomic E-state index is -0.288. The van der Waals surface area contributed by atoms with Crippen molar-refractivity contribution >= 4 is 39.7 Å². The van der Waals surface area contributed by atoms with Gasteiger partial charge in [0.2, 0.25) is 0 Å². The predicted octanol–water partition coefficient (Wildman–Crippen LogP) is 4.46. The summed E-state index contributed by atoms with van der Waals surface area (Å²) in [7, 11) is 0. The molecule has 156 valence electrons. The molecule has 6 nitrogen and oxygen atoms in total. The lowest BCUT2D eigenvalue weighted by Crippen LogP contribution is -2.48. The molecule has 1 amide bonds. The van der Waals surface area contributed by atoms with Crippen LogP contribution in [0, 0.1) is 5.92 Å². The van der Waals surface area contributed by atoms with Gasteiger partial charge in [0, 0.05) is 30.7 Å². The van der Waals surface area contributed by atoms with E-state index in [1.54, 1.807) is 12.3 Å². The Balaban J connectivity index is 1.34. The van der Waals surface area contributed by atoms with Crippen molar-refractivity contribution in [3.05, 3.63) is 34.3 Å². The Labute approximate surface area is 180 Å². The van der Waals surface area contributed by atoms with Crippen molar-refractivity contribution in [1.29, 1.82) is 0 Å². The second-order valence-corrected chi connectivity index (χ2v) is 9.53. The quantitative estimate of drug-likeness (QED) is 0.695. The number of likely N-dealkylation sites (tertiary alicyclic amines) is 1. The van der Waals surface area contributed by atoms with Crippen LogP contribution in [-0.2, 0) is 0 Å². The molecule has 2 fully saturated rings. The normalized spacial score (nSPS) is 21.3. The van der Waals surface area contributed by atoms with E-state index in [2.05, 4.69) is 27.0 Å². The van der Waals surface area contributed by atoms with E-state index in [1.807, 2.05) is 0 Å². The number of carbonyl (C=O) groups excluding carboxylic acids is 1. The fraction of sp³-hybridized carbons (Fsp3) is 0.524. The Hall–Kier alpha value is -1.83. The van der Waals surface area contributed by atoms with Crippen molar-refractivity contribution in [1.82, 2.24) is 9.88 Å². The molecule has 0 aliphatic carbocycles. The molecule has 0 spiro atoms. The number of anilines is 2. The first-order valence-electron chi connectivity index (χ1n) is 10.2. The summed E-state index contributed by atoms with van der Waals surface area (Å²) < 4.78 is 0. The van der Waals surface area contributed by atoms with E-state index >= 15 is 0 Å². The Bertz CT molecular complexity index is 866. The summed E-state index contributed by atoms with van der Waals surface area (Å²) in [5, 5.41) is 13.9. The minimum absolute atomic E-state index is 0.0124. The summed E-state index contributed by atoms with van der Waals surface area (Å²) in [6.45, 7) is 6.75. The van der Waals surface area contributed by atoms with Crippen LogP contribution in [-0.4, -0.2) is 53.1 Å². The van der Waals surface area contributed by atoms with Gasteiger partial charge >= 0.3 is 0 Å². The van der Waals surface area contributed by atoms with Crippen LogP contribution >= 0.6 is 22.9 Å². The maximum atomic E-state index is 12.5. The Morgan fingerprint density at radius 3 is 2.83 bits per heavy atom. The standard InChI is InChI=1S/C21H27ClN4O2S/c1-14-3-2-8-26(13-14)16-6-9-25(10-7-16)21-23-12-19(29-21)20(28)24-17-11-15(22)4-5-18(17)27/h4-5,11-12,14,16,27H,2-3,6-10,13H2,1H3,(H,24,28)/t14-/m1/s1. The summed E-state index contributed by atoms with van der Waals surface area (Å²) >= 11 is 7.33. The minimum Gasteiger partial charge on any atom is -0.506 e. The number of phenolic OH excluding ortho intramolecular Hbond substituents is 1. The number of halogens is 1. The molecule has 1 aromatic heterocycles. The largest absolute Gasteiger partial charge is 0.506 e. The maximum absolute atomic E-state index is 12.5. The molecule has 29 heavy (non-hydrogen) atoms. The topological polar surface area (TPSA) is 68.7 Å². The van der Waals surface area contributed by atoms with Crippen LogP contribution in [0.1, 0.15) is 42.3 Å². The van der Waals surface area contributed by atoms with Crippen LogP contribution in [0.3, 0.4) is 0 Å². The lowest BCUT2D eigenvalue weighted by atomic mass is 9.95. The van der Waals surface area contributed by atoms with Gasteiger partial charge in [-0.25, -0.2) is 4.98 Å². The Morgan fingerprint density at radius 2 is 2.07 bits per heavy atom. The summed E-state index contributed by atoms with van der Waals surface area (Å²) in [6.07, 6.45) is 6.56. The number of aromatic hydroxyl groups is 1. The monoisotopic (exact) mass is 434 g/mol. The number of aromatic nitrogens is 1.